The van der Waals surface area contributed by atoms with Crippen LogP contribution in [0, 0.1) is 0 Å². The molecule has 2 fully saturated rings. The lowest BCUT2D eigenvalue weighted by atomic mass is 9.90. The second-order valence-electron chi connectivity index (χ2n) is 8.66. The fourth-order valence-electron chi connectivity index (χ4n) is 5.11. The molecule has 1 aliphatic heterocycles. The SMILES string of the molecule is O=c1[nH]nc(-c2ccc3[nH]c4ncnc(N[C@H]5CC[C@H](N6CCOCC6)CC5)c4c3c2)[nH]1. The standard InChI is InChI=1S/C22H26N8O2/c31-22-27-19(28-29-22)13-1-6-17-16(11-13)18-20(23-12-24-21(18)26-17)25-14-2-4-15(5-3-14)30-7-9-32-10-8-30/h1,6,11-12,14-15H,2-5,7-10H2,(H2,23,24,25,26)(H2,27,28,29,31)/t14-,15-. The number of nitrogens with zero attached hydrogens (tertiary/aromatic N) is 4. The van der Waals surface area contributed by atoms with Crippen molar-refractivity contribution in [3.05, 3.63) is 35.0 Å². The Bertz CT molecular complexity index is 1290. The molecule has 10 heteroatoms. The number of aromatic amines is 3. The van der Waals surface area contributed by atoms with Crippen LogP contribution >= 0.6 is 0 Å². The van der Waals surface area contributed by atoms with Crippen LogP contribution in [-0.4, -0.2) is 73.4 Å². The van der Waals surface area contributed by atoms with Crippen molar-refractivity contribution in [1.82, 2.24) is 35.0 Å². The van der Waals surface area contributed by atoms with Crippen molar-refractivity contribution in [2.24, 2.45) is 0 Å². The lowest BCUT2D eigenvalue weighted by Crippen LogP contribution is -2.46. The highest BCUT2D eigenvalue weighted by molar-refractivity contribution is 6.12. The summed E-state index contributed by atoms with van der Waals surface area (Å²) in [6.45, 7) is 3.81. The Morgan fingerprint density at radius 1 is 1.06 bits per heavy atom. The first kappa shape index (κ1) is 19.4. The Kier molecular flexibility index (Phi) is 4.88. The zero-order valence-electron chi connectivity index (χ0n) is 17.7. The van der Waals surface area contributed by atoms with Crippen LogP contribution < -0.4 is 11.0 Å². The average molecular weight is 435 g/mol. The van der Waals surface area contributed by atoms with E-state index in [1.807, 2.05) is 18.2 Å². The van der Waals surface area contributed by atoms with Gasteiger partial charge in [0.1, 0.15) is 17.8 Å². The van der Waals surface area contributed by atoms with Crippen molar-refractivity contribution in [2.45, 2.75) is 37.8 Å². The first-order valence-corrected chi connectivity index (χ1v) is 11.2. The summed E-state index contributed by atoms with van der Waals surface area (Å²) in [6.07, 6.45) is 6.23. The van der Waals surface area contributed by atoms with Gasteiger partial charge in [-0.15, -0.1) is 0 Å². The summed E-state index contributed by atoms with van der Waals surface area (Å²) >= 11 is 0. The monoisotopic (exact) mass is 434 g/mol. The summed E-state index contributed by atoms with van der Waals surface area (Å²) in [4.78, 5) is 29.2. The lowest BCUT2D eigenvalue weighted by molar-refractivity contribution is 0.00791. The molecule has 0 atom stereocenters. The largest absolute Gasteiger partial charge is 0.379 e. The van der Waals surface area contributed by atoms with Crippen LogP contribution in [0.5, 0.6) is 0 Å². The number of hydrogen-bond acceptors (Lipinski definition) is 7. The quantitative estimate of drug-likeness (QED) is 0.388. The Morgan fingerprint density at radius 3 is 2.69 bits per heavy atom. The third-order valence-corrected chi connectivity index (χ3v) is 6.76. The van der Waals surface area contributed by atoms with Gasteiger partial charge in [0.25, 0.3) is 0 Å². The molecule has 6 rings (SSSR count). The molecule has 0 amide bonds. The zero-order chi connectivity index (χ0) is 21.5. The first-order chi connectivity index (χ1) is 15.7. The molecule has 10 nitrogen and oxygen atoms in total. The van der Waals surface area contributed by atoms with E-state index < -0.39 is 0 Å². The summed E-state index contributed by atoms with van der Waals surface area (Å²) in [5.74, 6) is 1.36. The van der Waals surface area contributed by atoms with E-state index in [2.05, 4.69) is 40.3 Å². The minimum Gasteiger partial charge on any atom is -0.379 e. The van der Waals surface area contributed by atoms with E-state index in [0.717, 1.165) is 72.5 Å². The number of morpholine rings is 1. The summed E-state index contributed by atoms with van der Waals surface area (Å²) in [5.41, 5.74) is 2.28. The maximum Gasteiger partial charge on any atom is 0.340 e. The van der Waals surface area contributed by atoms with Crippen molar-refractivity contribution in [3.8, 4) is 11.4 Å². The molecule has 1 aromatic carbocycles. The highest BCUT2D eigenvalue weighted by atomic mass is 16.5. The van der Waals surface area contributed by atoms with Crippen LogP contribution in [-0.2, 0) is 4.74 Å². The van der Waals surface area contributed by atoms with Crippen molar-refractivity contribution < 1.29 is 4.74 Å². The molecule has 1 saturated carbocycles. The topological polar surface area (TPSA) is 128 Å². The summed E-state index contributed by atoms with van der Waals surface area (Å²) in [5, 5.41) is 12.2. The van der Waals surface area contributed by atoms with Gasteiger partial charge in [0.2, 0.25) is 0 Å². The number of fused-ring (bicyclic) bond motifs is 3. The molecule has 166 valence electrons. The van der Waals surface area contributed by atoms with E-state index in [-0.39, 0.29) is 5.69 Å². The second-order valence-corrected chi connectivity index (χ2v) is 8.66. The Morgan fingerprint density at radius 2 is 1.91 bits per heavy atom. The van der Waals surface area contributed by atoms with E-state index >= 15 is 0 Å². The molecule has 0 unspecified atom stereocenters. The molecule has 0 radical (unpaired) electrons. The van der Waals surface area contributed by atoms with Crippen LogP contribution in [0.15, 0.2) is 29.3 Å². The molecule has 4 heterocycles. The third-order valence-electron chi connectivity index (χ3n) is 6.76. The smallest absolute Gasteiger partial charge is 0.340 e. The van der Waals surface area contributed by atoms with Crippen molar-refractivity contribution in [1.29, 1.82) is 0 Å². The number of hydrogen-bond donors (Lipinski definition) is 4. The number of anilines is 1. The van der Waals surface area contributed by atoms with Gasteiger partial charge in [0.15, 0.2) is 5.82 Å². The summed E-state index contributed by atoms with van der Waals surface area (Å²) in [7, 11) is 0. The van der Waals surface area contributed by atoms with E-state index in [0.29, 0.717) is 17.9 Å². The van der Waals surface area contributed by atoms with Crippen LogP contribution in [0.2, 0.25) is 0 Å². The van der Waals surface area contributed by atoms with Crippen LogP contribution in [0.3, 0.4) is 0 Å². The number of benzene rings is 1. The van der Waals surface area contributed by atoms with E-state index in [4.69, 9.17) is 4.74 Å². The molecule has 1 aliphatic carbocycles. The van der Waals surface area contributed by atoms with E-state index in [1.54, 1.807) is 6.33 Å². The third kappa shape index (κ3) is 3.55. The van der Waals surface area contributed by atoms with Gasteiger partial charge in [0.05, 0.1) is 18.6 Å². The maximum atomic E-state index is 11.5. The number of ether oxygens (including phenoxy) is 1. The molecule has 4 N–H and O–H groups in total. The van der Waals surface area contributed by atoms with Gasteiger partial charge in [0, 0.05) is 41.6 Å². The minimum atomic E-state index is -0.322. The van der Waals surface area contributed by atoms with Gasteiger partial charge >= 0.3 is 5.69 Å². The van der Waals surface area contributed by atoms with E-state index in [9.17, 15) is 4.79 Å². The maximum absolute atomic E-state index is 11.5. The van der Waals surface area contributed by atoms with Crippen molar-refractivity contribution >= 4 is 27.8 Å². The predicted octanol–water partition coefficient (Wildman–Crippen LogP) is 2.24. The first-order valence-electron chi connectivity index (χ1n) is 11.2. The highest BCUT2D eigenvalue weighted by Crippen LogP contribution is 2.33. The molecule has 2 aliphatic rings. The summed E-state index contributed by atoms with van der Waals surface area (Å²) in [6, 6.07) is 6.98. The van der Waals surface area contributed by atoms with Crippen molar-refractivity contribution in [2.75, 3.05) is 31.6 Å². The second kappa shape index (κ2) is 8.03. The number of H-pyrrole nitrogens is 3. The van der Waals surface area contributed by atoms with Gasteiger partial charge in [-0.25, -0.2) is 19.9 Å². The Labute approximate surface area is 183 Å². The Hall–Kier alpha value is -3.24. The molecular weight excluding hydrogens is 408 g/mol. The van der Waals surface area contributed by atoms with Gasteiger partial charge in [-0.2, -0.15) is 5.10 Å². The van der Waals surface area contributed by atoms with Gasteiger partial charge in [-0.05, 0) is 43.9 Å². The molecular formula is C22H26N8O2. The van der Waals surface area contributed by atoms with Crippen LogP contribution in [0.4, 0.5) is 5.82 Å². The van der Waals surface area contributed by atoms with Gasteiger partial charge in [-0.3, -0.25) is 9.88 Å². The molecule has 3 aromatic heterocycles. The minimum absolute atomic E-state index is 0.322. The normalized spacial score (nSPS) is 22.5. The molecule has 1 saturated heterocycles. The molecule has 0 bridgehead atoms. The summed E-state index contributed by atoms with van der Waals surface area (Å²) < 4.78 is 5.50. The molecule has 32 heavy (non-hydrogen) atoms. The van der Waals surface area contributed by atoms with Gasteiger partial charge < -0.3 is 15.0 Å². The average Bonchev–Trinajstić information content (AvgIpc) is 3.43. The van der Waals surface area contributed by atoms with Gasteiger partial charge in [-0.1, -0.05) is 0 Å². The highest BCUT2D eigenvalue weighted by Gasteiger charge is 2.27. The predicted molar refractivity (Wildman–Crippen MR) is 122 cm³/mol. The van der Waals surface area contributed by atoms with Crippen LogP contribution in [0.25, 0.3) is 33.3 Å². The number of rotatable bonds is 4. The zero-order valence-corrected chi connectivity index (χ0v) is 17.7. The fourth-order valence-corrected chi connectivity index (χ4v) is 5.11. The van der Waals surface area contributed by atoms with E-state index in [1.165, 1.54) is 12.8 Å². The number of aromatic nitrogens is 6. The fraction of sp³-hybridized carbons (Fsp3) is 0.455. The number of nitrogens with one attached hydrogen (secondary N) is 4. The van der Waals surface area contributed by atoms with Crippen molar-refractivity contribution in [3.63, 3.8) is 0 Å². The lowest BCUT2D eigenvalue weighted by Gasteiger charge is -2.39. The Balaban J connectivity index is 1.27. The molecule has 4 aromatic rings. The molecule has 0 spiro atoms. The van der Waals surface area contributed by atoms with Crippen LogP contribution in [0.1, 0.15) is 25.7 Å².